The number of anilines is 1. The van der Waals surface area contributed by atoms with Crippen molar-refractivity contribution in [1.29, 1.82) is 5.26 Å². The van der Waals surface area contributed by atoms with Crippen molar-refractivity contribution in [3.8, 4) is 11.9 Å². The normalized spacial score (nSPS) is 17.7. The number of hydrogen-bond acceptors (Lipinski definition) is 6. The first-order chi connectivity index (χ1) is 16.7. The Bertz CT molecular complexity index is 1360. The zero-order valence-electron chi connectivity index (χ0n) is 18.2. The molecule has 2 amide bonds. The first-order valence-corrected chi connectivity index (χ1v) is 13.6. The predicted molar refractivity (Wildman–Crippen MR) is 137 cm³/mol. The van der Waals surface area contributed by atoms with E-state index in [-0.39, 0.29) is 24.0 Å². The van der Waals surface area contributed by atoms with E-state index in [1.807, 2.05) is 6.07 Å². The van der Waals surface area contributed by atoms with Gasteiger partial charge < -0.3 is 15.5 Å². The highest BCUT2D eigenvalue weighted by molar-refractivity contribution is 9.11. The smallest absolute Gasteiger partial charge is 0.319 e. The fourth-order valence-corrected chi connectivity index (χ4v) is 6.56. The fourth-order valence-electron chi connectivity index (χ4n) is 3.82. The monoisotopic (exact) mass is 621 g/mol. The molecule has 1 fully saturated rings. The van der Waals surface area contributed by atoms with Crippen LogP contribution in [0.2, 0.25) is 0 Å². The summed E-state index contributed by atoms with van der Waals surface area (Å²) in [6.45, 7) is 0.387. The number of urea groups is 1. The van der Waals surface area contributed by atoms with Gasteiger partial charge in [0.1, 0.15) is 0 Å². The summed E-state index contributed by atoms with van der Waals surface area (Å²) in [6.07, 6.45) is 5.92. The van der Waals surface area contributed by atoms with E-state index in [4.69, 9.17) is 0 Å². The predicted octanol–water partition coefficient (Wildman–Crippen LogP) is 3.42. The Morgan fingerprint density at radius 1 is 1.20 bits per heavy atom. The second kappa shape index (κ2) is 10.8. The van der Waals surface area contributed by atoms with Crippen LogP contribution in [-0.2, 0) is 10.0 Å². The van der Waals surface area contributed by atoms with Crippen molar-refractivity contribution >= 4 is 53.6 Å². The lowest BCUT2D eigenvalue weighted by Gasteiger charge is -2.18. The summed E-state index contributed by atoms with van der Waals surface area (Å²) in [6, 6.07) is 12.7. The van der Waals surface area contributed by atoms with Gasteiger partial charge in [0.25, 0.3) is 0 Å². The Balaban J connectivity index is 1.34. The molecule has 13 heteroatoms. The number of carbonyl (C=O) groups is 1. The molecule has 10 nitrogen and oxygen atoms in total. The van der Waals surface area contributed by atoms with Crippen LogP contribution in [0.1, 0.15) is 6.42 Å². The van der Waals surface area contributed by atoms with Gasteiger partial charge in [-0.15, -0.1) is 0 Å². The maximum Gasteiger partial charge on any atom is 0.319 e. The van der Waals surface area contributed by atoms with Crippen molar-refractivity contribution in [1.82, 2.24) is 24.7 Å². The molecule has 1 aliphatic rings. The molecule has 3 N–H and O–H groups in total. The van der Waals surface area contributed by atoms with Gasteiger partial charge in [0.2, 0.25) is 10.0 Å². The number of sulfonamides is 1. The summed E-state index contributed by atoms with van der Waals surface area (Å²) in [7, 11) is -3.82. The summed E-state index contributed by atoms with van der Waals surface area (Å²) in [5.41, 5.74) is 1.38. The number of benzene rings is 2. The summed E-state index contributed by atoms with van der Waals surface area (Å²) in [5, 5.41) is 19.2. The Labute approximate surface area is 219 Å². The molecule has 2 heterocycles. The van der Waals surface area contributed by atoms with Gasteiger partial charge in [-0.1, -0.05) is 22.0 Å². The zero-order valence-corrected chi connectivity index (χ0v) is 22.2. The van der Waals surface area contributed by atoms with Gasteiger partial charge in [0.15, 0.2) is 6.19 Å². The topological polar surface area (TPSA) is 132 Å². The molecule has 1 saturated heterocycles. The van der Waals surface area contributed by atoms with E-state index in [1.54, 1.807) is 53.5 Å². The van der Waals surface area contributed by atoms with E-state index >= 15 is 0 Å². The van der Waals surface area contributed by atoms with Crippen LogP contribution in [-0.4, -0.2) is 54.3 Å². The SMILES string of the molecule is N#CN1CC(NS(=O)(=O)c2cc(Br)ccc2Br)C[C@@H]1CNC(=O)Nc1cccc(-n2cccn2)c1. The lowest BCUT2D eigenvalue weighted by Crippen LogP contribution is -2.39. The number of nitrogens with one attached hydrogen (secondary N) is 3. The quantitative estimate of drug-likeness (QED) is 0.346. The molecule has 1 aliphatic heterocycles. The second-order valence-electron chi connectivity index (χ2n) is 7.87. The summed E-state index contributed by atoms with van der Waals surface area (Å²) >= 11 is 6.56. The van der Waals surface area contributed by atoms with Crippen LogP contribution in [0.4, 0.5) is 10.5 Å². The minimum Gasteiger partial charge on any atom is -0.336 e. The van der Waals surface area contributed by atoms with Crippen molar-refractivity contribution in [2.45, 2.75) is 23.4 Å². The van der Waals surface area contributed by atoms with E-state index in [2.05, 4.69) is 58.5 Å². The zero-order chi connectivity index (χ0) is 25.0. The maximum absolute atomic E-state index is 12.9. The number of halogens is 2. The van der Waals surface area contributed by atoms with Gasteiger partial charge >= 0.3 is 6.03 Å². The van der Waals surface area contributed by atoms with E-state index in [9.17, 15) is 18.5 Å². The molecular formula is C22H21Br2N7O3S. The van der Waals surface area contributed by atoms with Gasteiger partial charge in [-0.25, -0.2) is 22.6 Å². The van der Waals surface area contributed by atoms with Crippen LogP contribution in [0.25, 0.3) is 5.69 Å². The molecule has 2 aromatic carbocycles. The molecule has 0 aliphatic carbocycles. The van der Waals surface area contributed by atoms with Gasteiger partial charge in [-0.05, 0) is 64.8 Å². The van der Waals surface area contributed by atoms with Crippen molar-refractivity contribution in [2.75, 3.05) is 18.4 Å². The third kappa shape index (κ3) is 6.21. The third-order valence-corrected chi connectivity index (χ3v) is 8.43. The molecule has 0 spiro atoms. The Hall–Kier alpha value is -2.92. The highest BCUT2D eigenvalue weighted by atomic mass is 79.9. The molecule has 182 valence electrons. The molecule has 1 aromatic heterocycles. The number of likely N-dealkylation sites (tertiary alicyclic amines) is 1. The van der Waals surface area contributed by atoms with Gasteiger partial charge in [0, 0.05) is 46.2 Å². The largest absolute Gasteiger partial charge is 0.336 e. The molecule has 2 atom stereocenters. The number of aromatic nitrogens is 2. The summed E-state index contributed by atoms with van der Waals surface area (Å²) in [4.78, 5) is 14.0. The number of amides is 2. The van der Waals surface area contributed by atoms with Gasteiger partial charge in [-0.2, -0.15) is 10.4 Å². The number of carbonyl (C=O) groups excluding carboxylic acids is 1. The molecule has 1 unspecified atom stereocenters. The van der Waals surface area contributed by atoms with Crippen LogP contribution < -0.4 is 15.4 Å². The van der Waals surface area contributed by atoms with Crippen LogP contribution in [0.3, 0.4) is 0 Å². The summed E-state index contributed by atoms with van der Waals surface area (Å²) < 4.78 is 31.2. The van der Waals surface area contributed by atoms with E-state index in [0.29, 0.717) is 21.1 Å². The van der Waals surface area contributed by atoms with E-state index in [1.165, 1.54) is 11.0 Å². The fraction of sp³-hybridized carbons (Fsp3) is 0.227. The van der Waals surface area contributed by atoms with E-state index in [0.717, 1.165) is 5.69 Å². The van der Waals surface area contributed by atoms with Crippen LogP contribution in [0.5, 0.6) is 0 Å². The van der Waals surface area contributed by atoms with Crippen molar-refractivity contribution < 1.29 is 13.2 Å². The minimum absolute atomic E-state index is 0.105. The Kier molecular flexibility index (Phi) is 7.75. The minimum atomic E-state index is -3.82. The number of rotatable bonds is 7. The Morgan fingerprint density at radius 2 is 2.03 bits per heavy atom. The summed E-state index contributed by atoms with van der Waals surface area (Å²) in [5.74, 6) is 0. The Morgan fingerprint density at radius 3 is 2.77 bits per heavy atom. The van der Waals surface area contributed by atoms with Crippen molar-refractivity contribution in [2.24, 2.45) is 0 Å². The number of nitrogens with zero attached hydrogens (tertiary/aromatic N) is 4. The third-order valence-electron chi connectivity index (χ3n) is 5.42. The van der Waals surface area contributed by atoms with E-state index < -0.39 is 22.1 Å². The maximum atomic E-state index is 12.9. The molecular weight excluding hydrogens is 602 g/mol. The highest BCUT2D eigenvalue weighted by Crippen LogP contribution is 2.27. The van der Waals surface area contributed by atoms with Crippen LogP contribution >= 0.6 is 31.9 Å². The van der Waals surface area contributed by atoms with Gasteiger partial charge in [0.05, 0.1) is 16.6 Å². The highest BCUT2D eigenvalue weighted by Gasteiger charge is 2.35. The lowest BCUT2D eigenvalue weighted by atomic mass is 10.2. The standard InChI is InChI=1S/C22H21Br2N7O3S/c23-15-5-6-20(24)21(9-15)35(33,34)29-17-11-19(30(13-17)14-25)12-26-22(32)28-16-3-1-4-18(10-16)31-8-2-7-27-31/h1-10,17,19,29H,11-13H2,(H2,26,28,32)/t17?,19-/m1/s1. The molecule has 4 rings (SSSR count). The number of nitriles is 1. The van der Waals surface area contributed by atoms with Gasteiger partial charge in [-0.3, -0.25) is 0 Å². The lowest BCUT2D eigenvalue weighted by molar-refractivity contribution is 0.248. The molecule has 0 radical (unpaired) electrons. The molecule has 0 bridgehead atoms. The first-order valence-electron chi connectivity index (χ1n) is 10.5. The van der Waals surface area contributed by atoms with Crippen LogP contribution in [0.15, 0.2) is 74.8 Å². The first kappa shape index (κ1) is 25.2. The average Bonchev–Trinajstić information content (AvgIpc) is 3.49. The number of hydrogen-bond donors (Lipinski definition) is 3. The molecule has 35 heavy (non-hydrogen) atoms. The average molecular weight is 623 g/mol. The molecule has 3 aromatic rings. The van der Waals surface area contributed by atoms with Crippen molar-refractivity contribution in [3.63, 3.8) is 0 Å². The molecule has 0 saturated carbocycles. The van der Waals surface area contributed by atoms with Crippen molar-refractivity contribution in [3.05, 3.63) is 69.9 Å². The van der Waals surface area contributed by atoms with Crippen LogP contribution in [0, 0.1) is 11.5 Å². The second-order valence-corrected chi connectivity index (χ2v) is 11.3.